The van der Waals surface area contributed by atoms with E-state index >= 15 is 0 Å². The molecule has 7 heteroatoms. The first kappa shape index (κ1) is 16.4. The number of aryl methyl sites for hydroxylation is 2. The maximum absolute atomic E-state index is 12.5. The summed E-state index contributed by atoms with van der Waals surface area (Å²) in [6.45, 7) is 3.98. The van der Waals surface area contributed by atoms with Gasteiger partial charge in [-0.2, -0.15) is 13.2 Å². The van der Waals surface area contributed by atoms with E-state index in [-0.39, 0.29) is 5.56 Å². The molecule has 0 saturated heterocycles. The number of carbonyl (C=O) groups excluding carboxylic acids is 1. The van der Waals surface area contributed by atoms with E-state index in [1.54, 1.807) is 0 Å². The first-order chi connectivity index (χ1) is 11.2. The van der Waals surface area contributed by atoms with Crippen molar-refractivity contribution in [3.63, 3.8) is 0 Å². The Kier molecular flexibility index (Phi) is 4.04. The molecule has 1 amide bonds. The third kappa shape index (κ3) is 3.26. The number of fused-ring (bicyclic) bond motifs is 1. The number of hydrogen-bond acceptors (Lipinski definition) is 3. The number of rotatable bonds is 2. The molecule has 3 aromatic rings. The van der Waals surface area contributed by atoms with Gasteiger partial charge in [0.2, 0.25) is 0 Å². The summed E-state index contributed by atoms with van der Waals surface area (Å²) < 4.78 is 38.6. The van der Waals surface area contributed by atoms with Crippen LogP contribution in [0.25, 0.3) is 10.2 Å². The Morgan fingerprint density at radius 1 is 1.08 bits per heavy atom. The Bertz CT molecular complexity index is 875. The molecule has 0 unspecified atom stereocenters. The first-order valence-electron chi connectivity index (χ1n) is 7.10. The minimum Gasteiger partial charge on any atom is -0.298 e. The summed E-state index contributed by atoms with van der Waals surface area (Å²) in [5.41, 5.74) is 2.38. The summed E-state index contributed by atoms with van der Waals surface area (Å²) in [4.78, 5) is 16.5. The Labute approximate surface area is 140 Å². The molecule has 0 atom stereocenters. The molecule has 3 nitrogen and oxygen atoms in total. The number of anilines is 1. The highest BCUT2D eigenvalue weighted by molar-refractivity contribution is 7.22. The van der Waals surface area contributed by atoms with Crippen LogP contribution < -0.4 is 5.32 Å². The summed E-state index contributed by atoms with van der Waals surface area (Å²) in [7, 11) is 0. The number of alkyl halides is 3. The van der Waals surface area contributed by atoms with Gasteiger partial charge in [0.05, 0.1) is 15.8 Å². The molecule has 0 aliphatic rings. The molecule has 3 rings (SSSR count). The molecule has 1 heterocycles. The van der Waals surface area contributed by atoms with E-state index in [1.807, 2.05) is 26.0 Å². The summed E-state index contributed by atoms with van der Waals surface area (Å²) >= 11 is 1.33. The normalized spacial score (nSPS) is 11.7. The zero-order valence-corrected chi connectivity index (χ0v) is 13.7. The molecule has 0 bridgehead atoms. The number of nitrogens with zero attached hydrogens (tertiary/aromatic N) is 1. The third-order valence-corrected chi connectivity index (χ3v) is 4.63. The SMILES string of the molecule is Cc1cc2nc(NC(=O)c3ccc(C(F)(F)F)cc3)sc2cc1C. The largest absolute Gasteiger partial charge is 0.416 e. The minimum atomic E-state index is -4.42. The van der Waals surface area contributed by atoms with Crippen molar-refractivity contribution in [2.75, 3.05) is 5.32 Å². The predicted molar refractivity (Wildman–Crippen MR) is 88.5 cm³/mol. The molecule has 0 radical (unpaired) electrons. The van der Waals surface area contributed by atoms with Crippen molar-refractivity contribution < 1.29 is 18.0 Å². The minimum absolute atomic E-state index is 0.148. The van der Waals surface area contributed by atoms with Gasteiger partial charge >= 0.3 is 6.18 Å². The van der Waals surface area contributed by atoms with Crippen molar-refractivity contribution in [1.82, 2.24) is 4.98 Å². The zero-order valence-electron chi connectivity index (χ0n) is 12.9. The second-order valence-electron chi connectivity index (χ2n) is 5.45. The Balaban J connectivity index is 1.82. The van der Waals surface area contributed by atoms with Crippen LogP contribution in [0.1, 0.15) is 27.0 Å². The van der Waals surface area contributed by atoms with Crippen molar-refractivity contribution in [3.8, 4) is 0 Å². The lowest BCUT2D eigenvalue weighted by molar-refractivity contribution is -0.137. The molecule has 2 aromatic carbocycles. The van der Waals surface area contributed by atoms with E-state index in [2.05, 4.69) is 10.3 Å². The summed E-state index contributed by atoms with van der Waals surface area (Å²) in [6.07, 6.45) is -4.42. The van der Waals surface area contributed by atoms with Crippen molar-refractivity contribution >= 4 is 32.6 Å². The number of amides is 1. The molecule has 0 aliphatic heterocycles. The number of thiazole rings is 1. The van der Waals surface area contributed by atoms with Gasteiger partial charge in [0.1, 0.15) is 0 Å². The van der Waals surface area contributed by atoms with E-state index in [0.29, 0.717) is 5.13 Å². The van der Waals surface area contributed by atoms with Crippen LogP contribution in [-0.4, -0.2) is 10.9 Å². The van der Waals surface area contributed by atoms with Crippen molar-refractivity contribution in [1.29, 1.82) is 0 Å². The molecular weight excluding hydrogens is 337 g/mol. The lowest BCUT2D eigenvalue weighted by Crippen LogP contribution is -2.12. The fraction of sp³-hybridized carbons (Fsp3) is 0.176. The van der Waals surface area contributed by atoms with Crippen LogP contribution in [0.5, 0.6) is 0 Å². The number of halogens is 3. The Morgan fingerprint density at radius 2 is 1.71 bits per heavy atom. The smallest absolute Gasteiger partial charge is 0.298 e. The second-order valence-corrected chi connectivity index (χ2v) is 6.48. The molecule has 0 fully saturated rings. The summed E-state index contributed by atoms with van der Waals surface area (Å²) in [5, 5.41) is 3.05. The highest BCUT2D eigenvalue weighted by Crippen LogP contribution is 2.30. The molecule has 0 spiro atoms. The van der Waals surface area contributed by atoms with Gasteiger partial charge in [0.15, 0.2) is 5.13 Å². The van der Waals surface area contributed by atoms with Crippen molar-refractivity contribution in [2.24, 2.45) is 0 Å². The molecule has 0 saturated carbocycles. The van der Waals surface area contributed by atoms with Crippen molar-refractivity contribution in [2.45, 2.75) is 20.0 Å². The average Bonchev–Trinajstić information content (AvgIpc) is 2.88. The quantitative estimate of drug-likeness (QED) is 0.691. The van der Waals surface area contributed by atoms with Crippen LogP contribution in [0, 0.1) is 13.8 Å². The van der Waals surface area contributed by atoms with Gasteiger partial charge in [0, 0.05) is 5.56 Å². The molecule has 124 valence electrons. The Morgan fingerprint density at radius 3 is 2.33 bits per heavy atom. The standard InChI is InChI=1S/C17H13F3N2OS/c1-9-7-13-14(8-10(9)2)24-16(21-13)22-15(23)11-3-5-12(6-4-11)17(18,19)20/h3-8H,1-2H3,(H,21,22,23). The van der Waals surface area contributed by atoms with E-state index < -0.39 is 17.6 Å². The van der Waals surface area contributed by atoms with Crippen LogP contribution in [0.15, 0.2) is 36.4 Å². The van der Waals surface area contributed by atoms with Crippen LogP contribution in [0.4, 0.5) is 18.3 Å². The molecule has 24 heavy (non-hydrogen) atoms. The highest BCUT2D eigenvalue weighted by atomic mass is 32.1. The monoisotopic (exact) mass is 350 g/mol. The number of nitrogens with one attached hydrogen (secondary N) is 1. The van der Waals surface area contributed by atoms with Gasteiger partial charge in [-0.05, 0) is 61.4 Å². The third-order valence-electron chi connectivity index (χ3n) is 3.70. The zero-order chi connectivity index (χ0) is 17.5. The highest BCUT2D eigenvalue weighted by Gasteiger charge is 2.30. The fourth-order valence-electron chi connectivity index (χ4n) is 2.21. The fourth-order valence-corrected chi connectivity index (χ4v) is 3.15. The lowest BCUT2D eigenvalue weighted by Gasteiger charge is -2.07. The van der Waals surface area contributed by atoms with E-state index in [9.17, 15) is 18.0 Å². The molecule has 0 aliphatic carbocycles. The van der Waals surface area contributed by atoms with Crippen LogP contribution in [0.3, 0.4) is 0 Å². The molecule has 1 aromatic heterocycles. The molecule has 1 N–H and O–H groups in total. The maximum Gasteiger partial charge on any atom is 0.416 e. The number of aromatic nitrogens is 1. The van der Waals surface area contributed by atoms with Crippen LogP contribution in [-0.2, 0) is 6.18 Å². The van der Waals surface area contributed by atoms with Gasteiger partial charge in [-0.25, -0.2) is 4.98 Å². The number of hydrogen-bond donors (Lipinski definition) is 1. The van der Waals surface area contributed by atoms with E-state index in [1.165, 1.54) is 11.3 Å². The lowest BCUT2D eigenvalue weighted by atomic mass is 10.1. The van der Waals surface area contributed by atoms with Gasteiger partial charge in [-0.3, -0.25) is 10.1 Å². The molecular formula is C17H13F3N2OS. The second kappa shape index (κ2) is 5.90. The predicted octanol–water partition coefficient (Wildman–Crippen LogP) is 5.18. The summed E-state index contributed by atoms with van der Waals surface area (Å²) in [6, 6.07) is 8.02. The van der Waals surface area contributed by atoms with Crippen molar-refractivity contribution in [3.05, 3.63) is 58.7 Å². The number of benzene rings is 2. The topological polar surface area (TPSA) is 42.0 Å². The average molecular weight is 350 g/mol. The van der Waals surface area contributed by atoms with Gasteiger partial charge < -0.3 is 0 Å². The van der Waals surface area contributed by atoms with Gasteiger partial charge in [-0.1, -0.05) is 11.3 Å². The van der Waals surface area contributed by atoms with E-state index in [4.69, 9.17) is 0 Å². The first-order valence-corrected chi connectivity index (χ1v) is 7.92. The Hall–Kier alpha value is -2.41. The summed E-state index contributed by atoms with van der Waals surface area (Å²) in [5.74, 6) is -0.490. The van der Waals surface area contributed by atoms with Gasteiger partial charge in [-0.15, -0.1) is 0 Å². The number of carbonyl (C=O) groups is 1. The van der Waals surface area contributed by atoms with Gasteiger partial charge in [0.25, 0.3) is 5.91 Å². The maximum atomic E-state index is 12.5. The van der Waals surface area contributed by atoms with E-state index in [0.717, 1.165) is 45.6 Å². The van der Waals surface area contributed by atoms with Crippen LogP contribution in [0.2, 0.25) is 0 Å². The van der Waals surface area contributed by atoms with Crippen LogP contribution >= 0.6 is 11.3 Å².